The molecule has 108 valence electrons. The average Bonchev–Trinajstić information content (AvgIpc) is 2.77. The molecule has 1 aromatic heterocycles. The van der Waals surface area contributed by atoms with E-state index in [1.54, 1.807) is 0 Å². The summed E-state index contributed by atoms with van der Waals surface area (Å²) in [6.07, 6.45) is 10.0. The number of benzene rings is 1. The maximum Gasteiger partial charge on any atom is 0.0515 e. The first-order chi connectivity index (χ1) is 9.85. The molecule has 2 nitrogen and oxygen atoms in total. The van der Waals surface area contributed by atoms with E-state index >= 15 is 0 Å². The average molecular weight is 270 g/mol. The highest BCUT2D eigenvalue weighted by molar-refractivity contribution is 5.83. The summed E-state index contributed by atoms with van der Waals surface area (Å²) in [4.78, 5) is 0. The van der Waals surface area contributed by atoms with Crippen LogP contribution in [-0.4, -0.2) is 11.1 Å². The van der Waals surface area contributed by atoms with Crippen LogP contribution in [0.3, 0.4) is 0 Å². The molecule has 2 unspecified atom stereocenters. The number of nitrogens with two attached hydrogens (primary N) is 1. The number of rotatable bonds is 3. The van der Waals surface area contributed by atoms with Crippen LogP contribution in [-0.2, 0) is 6.42 Å². The van der Waals surface area contributed by atoms with Crippen LogP contribution in [0, 0.1) is 5.92 Å². The fourth-order valence-electron chi connectivity index (χ4n) is 3.86. The smallest absolute Gasteiger partial charge is 0.0515 e. The molecule has 0 saturated heterocycles. The quantitative estimate of drug-likeness (QED) is 0.829. The Balaban J connectivity index is 2.07. The number of hydrogen-bond donors (Lipinski definition) is 1. The highest BCUT2D eigenvalue weighted by Gasteiger charge is 2.25. The van der Waals surface area contributed by atoms with Gasteiger partial charge in [-0.2, -0.15) is 0 Å². The Morgan fingerprint density at radius 1 is 1.15 bits per heavy atom. The number of fused-ring (bicyclic) bond motifs is 1. The van der Waals surface area contributed by atoms with Gasteiger partial charge in [-0.05, 0) is 48.7 Å². The maximum atomic E-state index is 6.07. The fraction of sp³-hybridized carbons (Fsp3) is 0.556. The molecule has 1 aliphatic rings. The zero-order chi connectivity index (χ0) is 13.9. The largest absolute Gasteiger partial charge is 0.344 e. The molecule has 0 amide bonds. The van der Waals surface area contributed by atoms with Crippen molar-refractivity contribution >= 4 is 10.9 Å². The molecule has 20 heavy (non-hydrogen) atoms. The summed E-state index contributed by atoms with van der Waals surface area (Å²) in [5.41, 5.74) is 8.98. The summed E-state index contributed by atoms with van der Waals surface area (Å²) in [6, 6.07) is 9.55. The standard InChI is InChI=1S/C18H26N2/c1-2-14-8-6-9-15-11-12-20(18(14)15)17-10-5-3-4-7-16(17)13-19/h6,8-9,11-12,16-17H,2-5,7,10,13,19H2,1H3. The summed E-state index contributed by atoms with van der Waals surface area (Å²) in [6.45, 7) is 3.07. The van der Waals surface area contributed by atoms with Crippen LogP contribution < -0.4 is 5.73 Å². The number of nitrogens with zero attached hydrogens (tertiary/aromatic N) is 1. The lowest BCUT2D eigenvalue weighted by Crippen LogP contribution is -2.25. The van der Waals surface area contributed by atoms with Crippen LogP contribution in [0.15, 0.2) is 30.5 Å². The Bertz CT molecular complexity index is 570. The Kier molecular flexibility index (Phi) is 4.11. The number of aryl methyl sites for hydroxylation is 1. The number of para-hydroxylation sites is 1. The molecule has 0 aliphatic heterocycles. The highest BCUT2D eigenvalue weighted by Crippen LogP contribution is 2.35. The van der Waals surface area contributed by atoms with Crippen molar-refractivity contribution in [3.63, 3.8) is 0 Å². The van der Waals surface area contributed by atoms with Gasteiger partial charge in [-0.1, -0.05) is 44.4 Å². The van der Waals surface area contributed by atoms with E-state index in [1.807, 2.05) is 0 Å². The van der Waals surface area contributed by atoms with Crippen molar-refractivity contribution in [1.29, 1.82) is 0 Å². The van der Waals surface area contributed by atoms with Gasteiger partial charge in [0, 0.05) is 12.2 Å². The Morgan fingerprint density at radius 3 is 2.80 bits per heavy atom. The van der Waals surface area contributed by atoms with E-state index in [9.17, 15) is 0 Å². The van der Waals surface area contributed by atoms with Crippen LogP contribution >= 0.6 is 0 Å². The van der Waals surface area contributed by atoms with Gasteiger partial charge < -0.3 is 10.3 Å². The summed E-state index contributed by atoms with van der Waals surface area (Å²) >= 11 is 0. The lowest BCUT2D eigenvalue weighted by atomic mass is 9.94. The van der Waals surface area contributed by atoms with Gasteiger partial charge in [0.25, 0.3) is 0 Å². The van der Waals surface area contributed by atoms with Crippen LogP contribution in [0.1, 0.15) is 50.6 Å². The van der Waals surface area contributed by atoms with E-state index in [0.29, 0.717) is 12.0 Å². The second-order valence-corrected chi connectivity index (χ2v) is 6.13. The zero-order valence-corrected chi connectivity index (χ0v) is 12.5. The molecule has 0 radical (unpaired) electrons. The van der Waals surface area contributed by atoms with Crippen molar-refractivity contribution in [2.45, 2.75) is 51.5 Å². The fourth-order valence-corrected chi connectivity index (χ4v) is 3.86. The van der Waals surface area contributed by atoms with Crippen molar-refractivity contribution in [2.75, 3.05) is 6.54 Å². The first-order valence-corrected chi connectivity index (χ1v) is 8.13. The Labute approximate surface area is 122 Å². The summed E-state index contributed by atoms with van der Waals surface area (Å²) in [5.74, 6) is 0.637. The number of aromatic nitrogens is 1. The summed E-state index contributed by atoms with van der Waals surface area (Å²) in [5, 5.41) is 1.38. The molecule has 1 saturated carbocycles. The van der Waals surface area contributed by atoms with Crippen molar-refractivity contribution in [1.82, 2.24) is 4.57 Å². The first-order valence-electron chi connectivity index (χ1n) is 8.13. The van der Waals surface area contributed by atoms with Gasteiger partial charge in [0.15, 0.2) is 0 Å². The molecule has 0 spiro atoms. The van der Waals surface area contributed by atoms with Gasteiger partial charge >= 0.3 is 0 Å². The van der Waals surface area contributed by atoms with Gasteiger partial charge in [-0.15, -0.1) is 0 Å². The normalized spacial score (nSPS) is 23.9. The minimum atomic E-state index is 0.590. The van der Waals surface area contributed by atoms with Gasteiger partial charge in [-0.25, -0.2) is 0 Å². The number of hydrogen-bond acceptors (Lipinski definition) is 1. The van der Waals surface area contributed by atoms with E-state index in [4.69, 9.17) is 5.73 Å². The third-order valence-corrected chi connectivity index (χ3v) is 4.98. The SMILES string of the molecule is CCc1cccc2ccn(C3CCCCCC3CN)c12. The molecule has 1 fully saturated rings. The summed E-state index contributed by atoms with van der Waals surface area (Å²) in [7, 11) is 0. The molecule has 1 aliphatic carbocycles. The molecule has 2 aromatic rings. The molecular weight excluding hydrogens is 244 g/mol. The molecule has 1 heterocycles. The second-order valence-electron chi connectivity index (χ2n) is 6.13. The van der Waals surface area contributed by atoms with E-state index in [1.165, 1.54) is 48.6 Å². The summed E-state index contributed by atoms with van der Waals surface area (Å²) < 4.78 is 2.54. The predicted octanol–water partition coefficient (Wildman–Crippen LogP) is 4.28. The molecule has 2 heteroatoms. The molecular formula is C18H26N2. The molecule has 1 aromatic carbocycles. The van der Waals surface area contributed by atoms with E-state index in [2.05, 4.69) is 42.0 Å². The minimum Gasteiger partial charge on any atom is -0.344 e. The minimum absolute atomic E-state index is 0.590. The molecule has 0 bridgehead atoms. The van der Waals surface area contributed by atoms with E-state index in [-0.39, 0.29) is 0 Å². The lowest BCUT2D eigenvalue weighted by Gasteiger charge is -2.27. The third-order valence-electron chi connectivity index (χ3n) is 4.98. The second kappa shape index (κ2) is 6.01. The molecule has 2 atom stereocenters. The van der Waals surface area contributed by atoms with Crippen LogP contribution in [0.2, 0.25) is 0 Å². The van der Waals surface area contributed by atoms with E-state index in [0.717, 1.165) is 13.0 Å². The monoisotopic (exact) mass is 270 g/mol. The van der Waals surface area contributed by atoms with Gasteiger partial charge in [0.2, 0.25) is 0 Å². The Hall–Kier alpha value is -1.28. The van der Waals surface area contributed by atoms with Crippen LogP contribution in [0.4, 0.5) is 0 Å². The Morgan fingerprint density at radius 2 is 2.00 bits per heavy atom. The maximum absolute atomic E-state index is 6.07. The molecule has 3 rings (SSSR count). The molecule has 2 N–H and O–H groups in total. The van der Waals surface area contributed by atoms with Crippen molar-refractivity contribution in [3.05, 3.63) is 36.0 Å². The van der Waals surface area contributed by atoms with E-state index < -0.39 is 0 Å². The van der Waals surface area contributed by atoms with Crippen LogP contribution in [0.25, 0.3) is 10.9 Å². The zero-order valence-electron chi connectivity index (χ0n) is 12.5. The van der Waals surface area contributed by atoms with Gasteiger partial charge in [0.1, 0.15) is 0 Å². The van der Waals surface area contributed by atoms with Crippen molar-refractivity contribution in [3.8, 4) is 0 Å². The topological polar surface area (TPSA) is 30.9 Å². The van der Waals surface area contributed by atoms with Gasteiger partial charge in [-0.3, -0.25) is 0 Å². The highest BCUT2D eigenvalue weighted by atomic mass is 15.0. The van der Waals surface area contributed by atoms with Crippen molar-refractivity contribution < 1.29 is 0 Å². The van der Waals surface area contributed by atoms with Gasteiger partial charge in [0.05, 0.1) is 5.52 Å². The predicted molar refractivity (Wildman–Crippen MR) is 86.0 cm³/mol. The van der Waals surface area contributed by atoms with Crippen LogP contribution in [0.5, 0.6) is 0 Å². The first kappa shape index (κ1) is 13.7. The lowest BCUT2D eigenvalue weighted by molar-refractivity contribution is 0.324. The van der Waals surface area contributed by atoms with Crippen molar-refractivity contribution in [2.24, 2.45) is 11.7 Å². The third kappa shape index (κ3) is 2.37.